The highest BCUT2D eigenvalue weighted by atomic mass is 16.3. The first-order valence-corrected chi connectivity index (χ1v) is 19.6. The molecule has 1 aliphatic rings. The lowest BCUT2D eigenvalue weighted by Crippen LogP contribution is -2.14. The topological polar surface area (TPSA) is 64.7 Å². The fourth-order valence-corrected chi connectivity index (χ4v) is 8.76. The molecule has 0 saturated heterocycles. The van der Waals surface area contributed by atoms with Crippen LogP contribution in [0.1, 0.15) is 25.0 Å². The van der Waals surface area contributed by atoms with E-state index in [-0.39, 0.29) is 5.41 Å². The third kappa shape index (κ3) is 5.47. The zero-order chi connectivity index (χ0) is 38.8. The van der Waals surface area contributed by atoms with E-state index in [1.54, 1.807) is 0 Å². The van der Waals surface area contributed by atoms with Crippen LogP contribution in [0, 0.1) is 0 Å². The van der Waals surface area contributed by atoms with Crippen LogP contribution in [0.3, 0.4) is 0 Å². The lowest BCUT2D eigenvalue weighted by atomic mass is 9.82. The molecule has 0 aliphatic heterocycles. The summed E-state index contributed by atoms with van der Waals surface area (Å²) in [5, 5.41) is 2.13. The molecule has 0 unspecified atom stereocenters. The molecule has 0 N–H and O–H groups in total. The molecule has 10 aromatic rings. The van der Waals surface area contributed by atoms with Gasteiger partial charge in [-0.15, -0.1) is 0 Å². The van der Waals surface area contributed by atoms with E-state index in [9.17, 15) is 0 Å². The van der Waals surface area contributed by atoms with Gasteiger partial charge in [-0.1, -0.05) is 172 Å². The average Bonchev–Trinajstić information content (AvgIpc) is 3.83. The average molecular weight is 745 g/mol. The third-order valence-electron chi connectivity index (χ3n) is 11.6. The molecule has 0 saturated carbocycles. The van der Waals surface area contributed by atoms with Gasteiger partial charge in [0.25, 0.3) is 0 Å². The maximum Gasteiger partial charge on any atom is 0.227 e. The van der Waals surface area contributed by atoms with Gasteiger partial charge in [0.05, 0.1) is 0 Å². The number of hydrogen-bond donors (Lipinski definition) is 0. The van der Waals surface area contributed by atoms with E-state index in [0.29, 0.717) is 23.4 Å². The molecule has 0 atom stereocenters. The summed E-state index contributed by atoms with van der Waals surface area (Å²) in [5.41, 5.74) is 14.6. The Labute approximate surface area is 336 Å². The predicted octanol–water partition coefficient (Wildman–Crippen LogP) is 13.5. The second kappa shape index (κ2) is 13.3. The van der Waals surface area contributed by atoms with E-state index in [2.05, 4.69) is 141 Å². The van der Waals surface area contributed by atoms with Crippen LogP contribution in [0.2, 0.25) is 0 Å². The van der Waals surface area contributed by atoms with Crippen molar-refractivity contribution in [2.24, 2.45) is 0 Å². The standard InChI is InChI=1S/C53H36N4O/c1-53(2)43-28-12-11-25-41(43)47-42(27-15-29-44(47)53)51-56-49(34-16-5-3-6-17-34)55-50(57-51)37-22-13-21-36(32-37)38-23-9-10-24-39(38)40-26-14-20-33-30-31-45-48(46(33)40)58-52(54-45)35-18-7-4-8-19-35/h3-32H,1-2H3. The predicted molar refractivity (Wildman–Crippen MR) is 235 cm³/mol. The van der Waals surface area contributed by atoms with Crippen molar-refractivity contribution in [3.63, 3.8) is 0 Å². The van der Waals surface area contributed by atoms with Crippen LogP contribution in [-0.4, -0.2) is 19.9 Å². The number of nitrogens with zero attached hydrogens (tertiary/aromatic N) is 4. The Hall–Kier alpha value is -7.50. The zero-order valence-electron chi connectivity index (χ0n) is 32.0. The van der Waals surface area contributed by atoms with Crippen molar-refractivity contribution in [1.29, 1.82) is 0 Å². The summed E-state index contributed by atoms with van der Waals surface area (Å²) in [7, 11) is 0. The number of benzene rings is 8. The van der Waals surface area contributed by atoms with E-state index >= 15 is 0 Å². The van der Waals surface area contributed by atoms with Crippen LogP contribution in [0.15, 0.2) is 186 Å². The molecule has 1 aliphatic carbocycles. The van der Waals surface area contributed by atoms with Gasteiger partial charge in [0, 0.05) is 33.1 Å². The van der Waals surface area contributed by atoms with Crippen molar-refractivity contribution < 1.29 is 4.42 Å². The fraction of sp³-hybridized carbons (Fsp3) is 0.0566. The Bertz CT molecular complexity index is 3200. The molecule has 58 heavy (non-hydrogen) atoms. The molecular weight excluding hydrogens is 709 g/mol. The lowest BCUT2D eigenvalue weighted by molar-refractivity contribution is 0.623. The van der Waals surface area contributed by atoms with Crippen LogP contribution >= 0.6 is 0 Å². The summed E-state index contributed by atoms with van der Waals surface area (Å²) in [4.78, 5) is 20.5. The monoisotopic (exact) mass is 744 g/mol. The number of hydrogen-bond acceptors (Lipinski definition) is 5. The minimum absolute atomic E-state index is 0.144. The Morgan fingerprint density at radius 3 is 1.78 bits per heavy atom. The van der Waals surface area contributed by atoms with Gasteiger partial charge in [-0.2, -0.15) is 0 Å². The van der Waals surface area contributed by atoms with Gasteiger partial charge in [0.2, 0.25) is 5.89 Å². The molecule has 274 valence electrons. The quantitative estimate of drug-likeness (QED) is 0.170. The zero-order valence-corrected chi connectivity index (χ0v) is 32.0. The highest BCUT2D eigenvalue weighted by molar-refractivity contribution is 6.12. The summed E-state index contributed by atoms with van der Waals surface area (Å²) in [6, 6.07) is 63.2. The van der Waals surface area contributed by atoms with Crippen LogP contribution in [0.5, 0.6) is 0 Å². The van der Waals surface area contributed by atoms with Crippen molar-refractivity contribution in [2.75, 3.05) is 0 Å². The highest BCUT2D eigenvalue weighted by Crippen LogP contribution is 2.51. The van der Waals surface area contributed by atoms with Gasteiger partial charge in [-0.25, -0.2) is 19.9 Å². The van der Waals surface area contributed by atoms with Crippen LogP contribution in [0.4, 0.5) is 0 Å². The first kappa shape index (κ1) is 33.8. The van der Waals surface area contributed by atoms with Gasteiger partial charge >= 0.3 is 0 Å². The van der Waals surface area contributed by atoms with E-state index in [1.165, 1.54) is 22.3 Å². The molecule has 2 heterocycles. The molecule has 5 heteroatoms. The molecule has 0 fully saturated rings. The maximum atomic E-state index is 6.57. The Kier molecular flexibility index (Phi) is 7.76. The van der Waals surface area contributed by atoms with Gasteiger partial charge < -0.3 is 4.42 Å². The van der Waals surface area contributed by atoms with E-state index in [1.807, 2.05) is 54.6 Å². The minimum atomic E-state index is -0.144. The van der Waals surface area contributed by atoms with Crippen molar-refractivity contribution in [3.8, 4) is 79.0 Å². The molecule has 8 aromatic carbocycles. The normalized spacial score (nSPS) is 12.8. The Morgan fingerprint density at radius 1 is 0.397 bits per heavy atom. The van der Waals surface area contributed by atoms with Crippen molar-refractivity contribution in [3.05, 3.63) is 193 Å². The van der Waals surface area contributed by atoms with Crippen LogP contribution in [-0.2, 0) is 5.41 Å². The summed E-state index contributed by atoms with van der Waals surface area (Å²) in [6.07, 6.45) is 0. The van der Waals surface area contributed by atoms with Crippen molar-refractivity contribution >= 4 is 21.9 Å². The molecule has 0 bridgehead atoms. The summed E-state index contributed by atoms with van der Waals surface area (Å²) in [5.74, 6) is 2.52. The first-order valence-electron chi connectivity index (χ1n) is 19.6. The molecule has 0 radical (unpaired) electrons. The van der Waals surface area contributed by atoms with Gasteiger partial charge in [-0.05, 0) is 74.2 Å². The lowest BCUT2D eigenvalue weighted by Gasteiger charge is -2.21. The van der Waals surface area contributed by atoms with Gasteiger partial charge in [0.15, 0.2) is 23.1 Å². The first-order chi connectivity index (χ1) is 28.5. The van der Waals surface area contributed by atoms with Gasteiger partial charge in [-0.3, -0.25) is 0 Å². The number of aromatic nitrogens is 4. The molecular formula is C53H36N4O. The minimum Gasteiger partial charge on any atom is -0.435 e. The smallest absolute Gasteiger partial charge is 0.227 e. The summed E-state index contributed by atoms with van der Waals surface area (Å²) in [6.45, 7) is 4.60. The largest absolute Gasteiger partial charge is 0.435 e. The molecule has 0 amide bonds. The van der Waals surface area contributed by atoms with Gasteiger partial charge in [0.1, 0.15) is 5.52 Å². The van der Waals surface area contributed by atoms with E-state index in [0.717, 1.165) is 66.4 Å². The SMILES string of the molecule is CC1(C)c2ccccc2-c2c(-c3nc(-c4ccccc4)nc(-c4cccc(-c5ccccc5-c5cccc6ccc7nc(-c8ccccc8)oc7c56)c4)n3)cccc21. The molecule has 0 spiro atoms. The Morgan fingerprint density at radius 2 is 0.966 bits per heavy atom. The van der Waals surface area contributed by atoms with Crippen molar-refractivity contribution in [1.82, 2.24) is 19.9 Å². The Balaban J connectivity index is 1.07. The van der Waals surface area contributed by atoms with Crippen LogP contribution < -0.4 is 0 Å². The van der Waals surface area contributed by atoms with Crippen molar-refractivity contribution in [2.45, 2.75) is 19.3 Å². The summed E-state index contributed by atoms with van der Waals surface area (Å²) >= 11 is 0. The second-order valence-electron chi connectivity index (χ2n) is 15.4. The maximum absolute atomic E-state index is 6.57. The molecule has 11 rings (SSSR count). The van der Waals surface area contributed by atoms with E-state index in [4.69, 9.17) is 24.4 Å². The van der Waals surface area contributed by atoms with Crippen LogP contribution in [0.25, 0.3) is 101 Å². The second-order valence-corrected chi connectivity index (χ2v) is 15.4. The molecule has 5 nitrogen and oxygen atoms in total. The number of rotatable bonds is 6. The number of fused-ring (bicyclic) bond motifs is 6. The third-order valence-corrected chi connectivity index (χ3v) is 11.6. The highest BCUT2D eigenvalue weighted by Gasteiger charge is 2.37. The van der Waals surface area contributed by atoms with E-state index < -0.39 is 0 Å². The molecule has 2 aromatic heterocycles. The number of oxazole rings is 1. The summed E-state index contributed by atoms with van der Waals surface area (Å²) < 4.78 is 6.57. The fourth-order valence-electron chi connectivity index (χ4n) is 8.76.